The number of hydrogen-bond donors (Lipinski definition) is 0. The third kappa shape index (κ3) is 7.06. The smallest absolute Gasteiger partial charge is 0.175 e. The van der Waals surface area contributed by atoms with Crippen LogP contribution in [0.1, 0.15) is 6.92 Å². The number of halogens is 1. The Kier molecular flexibility index (Phi) is 3.64. The summed E-state index contributed by atoms with van der Waals surface area (Å²) in [6.07, 6.45) is 1.85. The maximum absolute atomic E-state index is 12.3. The molecule has 0 aliphatic rings. The average Bonchev–Trinajstić information content (AvgIpc) is 1.30. The molecule has 44 valence electrons. The zero-order valence-electron chi connectivity index (χ0n) is 4.27. The molecule has 0 aromatic rings. The Morgan fingerprint density at radius 1 is 1.71 bits per heavy atom. The molecule has 0 amide bonds. The molecule has 0 heterocycles. The van der Waals surface area contributed by atoms with Gasteiger partial charge in [0.1, 0.15) is 0 Å². The number of hydrogen-bond acceptors (Lipinski definition) is 2. The molecule has 2 unspecified atom stereocenters. The third-order valence-corrected chi connectivity index (χ3v) is 3.08. The van der Waals surface area contributed by atoms with E-state index in [9.17, 15) is 4.39 Å². The molecule has 0 aliphatic heterocycles. The minimum atomic E-state index is -1.15. The molecule has 0 N–H and O–H groups in total. The Morgan fingerprint density at radius 2 is 2.14 bits per heavy atom. The minimum absolute atomic E-state index is 1.15. The van der Waals surface area contributed by atoms with Crippen LogP contribution in [-0.2, 0) is 0 Å². The first-order valence-electron chi connectivity index (χ1n) is 1.76. The van der Waals surface area contributed by atoms with Gasteiger partial charge in [0.25, 0.3) is 0 Å². The van der Waals surface area contributed by atoms with E-state index in [0.29, 0.717) is 0 Å². The van der Waals surface area contributed by atoms with E-state index in [1.54, 1.807) is 0 Å². The van der Waals surface area contributed by atoms with Gasteiger partial charge in [-0.3, -0.25) is 0 Å². The van der Waals surface area contributed by atoms with Gasteiger partial charge in [-0.25, -0.2) is 4.39 Å². The molecular formula is C3H8FPS2. The van der Waals surface area contributed by atoms with Gasteiger partial charge in [-0.05, 0) is 24.0 Å². The second-order valence-corrected chi connectivity index (χ2v) is 5.54. The van der Waals surface area contributed by atoms with Crippen LogP contribution in [0, 0.1) is 0 Å². The number of alkyl halides is 1. The summed E-state index contributed by atoms with van der Waals surface area (Å²) in [5.41, 5.74) is 0. The molecular weight excluding hydrogens is 150 g/mol. The molecule has 0 aromatic carbocycles. The lowest BCUT2D eigenvalue weighted by atomic mass is 10.9. The van der Waals surface area contributed by atoms with Gasteiger partial charge in [0, 0.05) is 0 Å². The first kappa shape index (κ1) is 8.06. The predicted molar refractivity (Wildman–Crippen MR) is 40.3 cm³/mol. The standard InChI is InChI=1S/C3H8FPS2/c1-3(4,5)7-6-2/h5H2,1-2H3. The molecule has 0 spiro atoms. The van der Waals surface area contributed by atoms with Crippen LogP contribution in [0.4, 0.5) is 4.39 Å². The van der Waals surface area contributed by atoms with Crippen molar-refractivity contribution in [3.05, 3.63) is 0 Å². The Balaban J connectivity index is 3.15. The highest BCUT2D eigenvalue weighted by Gasteiger charge is 2.14. The van der Waals surface area contributed by atoms with E-state index in [0.717, 1.165) is 0 Å². The van der Waals surface area contributed by atoms with E-state index >= 15 is 0 Å². The van der Waals surface area contributed by atoms with E-state index < -0.39 is 4.74 Å². The van der Waals surface area contributed by atoms with E-state index in [1.165, 1.54) is 28.5 Å². The van der Waals surface area contributed by atoms with Crippen molar-refractivity contribution in [2.75, 3.05) is 6.26 Å². The van der Waals surface area contributed by atoms with Gasteiger partial charge in [-0.15, -0.1) is 0 Å². The number of rotatable bonds is 2. The topological polar surface area (TPSA) is 0 Å². The summed E-state index contributed by atoms with van der Waals surface area (Å²) < 4.78 is 11.1. The molecule has 0 fully saturated rings. The highest BCUT2D eigenvalue weighted by Crippen LogP contribution is 2.40. The maximum Gasteiger partial charge on any atom is 0.175 e. The molecule has 4 heteroatoms. The summed E-state index contributed by atoms with van der Waals surface area (Å²) in [4.78, 5) is 0. The van der Waals surface area contributed by atoms with Crippen molar-refractivity contribution in [2.24, 2.45) is 0 Å². The Morgan fingerprint density at radius 3 is 2.14 bits per heavy atom. The fraction of sp³-hybridized carbons (Fsp3) is 1.00. The normalized spacial score (nSPS) is 18.9. The molecule has 0 saturated carbocycles. The summed E-state index contributed by atoms with van der Waals surface area (Å²) in [5, 5.41) is 0. The summed E-state index contributed by atoms with van der Waals surface area (Å²) in [7, 11) is 4.74. The van der Waals surface area contributed by atoms with Crippen molar-refractivity contribution in [3.8, 4) is 0 Å². The van der Waals surface area contributed by atoms with Gasteiger partial charge in [0.15, 0.2) is 4.74 Å². The monoisotopic (exact) mass is 158 g/mol. The summed E-state index contributed by atoms with van der Waals surface area (Å²) in [6.45, 7) is 1.51. The van der Waals surface area contributed by atoms with E-state index in [4.69, 9.17) is 0 Å². The van der Waals surface area contributed by atoms with Gasteiger partial charge in [-0.2, -0.15) is 0 Å². The molecule has 0 aromatic heterocycles. The van der Waals surface area contributed by atoms with Crippen molar-refractivity contribution in [3.63, 3.8) is 0 Å². The van der Waals surface area contributed by atoms with Crippen molar-refractivity contribution >= 4 is 30.8 Å². The lowest BCUT2D eigenvalue weighted by molar-refractivity contribution is 0.444. The Hall–Kier alpha value is 1.06. The van der Waals surface area contributed by atoms with Crippen molar-refractivity contribution in [1.29, 1.82) is 0 Å². The second kappa shape index (κ2) is 3.16. The fourth-order valence-corrected chi connectivity index (χ4v) is 2.33. The van der Waals surface area contributed by atoms with Crippen LogP contribution >= 0.6 is 30.8 Å². The Labute approximate surface area is 53.6 Å². The van der Waals surface area contributed by atoms with E-state index in [-0.39, 0.29) is 0 Å². The molecule has 0 radical (unpaired) electrons. The minimum Gasteiger partial charge on any atom is -0.227 e. The lowest BCUT2D eigenvalue weighted by Gasteiger charge is -2.08. The molecule has 0 bridgehead atoms. The second-order valence-electron chi connectivity index (χ2n) is 1.24. The quantitative estimate of drug-likeness (QED) is 0.447. The van der Waals surface area contributed by atoms with Crippen LogP contribution in [0.2, 0.25) is 0 Å². The van der Waals surface area contributed by atoms with Crippen molar-refractivity contribution in [2.45, 2.75) is 11.7 Å². The van der Waals surface area contributed by atoms with Crippen LogP contribution in [0.15, 0.2) is 0 Å². The maximum atomic E-state index is 12.3. The molecule has 2 atom stereocenters. The van der Waals surface area contributed by atoms with Crippen LogP contribution in [-0.4, -0.2) is 11.0 Å². The molecule has 0 rings (SSSR count). The van der Waals surface area contributed by atoms with E-state index in [2.05, 4.69) is 9.24 Å². The lowest BCUT2D eigenvalue weighted by Crippen LogP contribution is -1.94. The molecule has 0 saturated heterocycles. The van der Waals surface area contributed by atoms with Gasteiger partial charge in [0.05, 0.1) is 0 Å². The first-order valence-corrected chi connectivity index (χ1v) is 4.89. The van der Waals surface area contributed by atoms with Gasteiger partial charge >= 0.3 is 0 Å². The Bertz CT molecular complexity index is 51.4. The fourth-order valence-electron chi connectivity index (χ4n) is 0.163. The first-order chi connectivity index (χ1) is 3.06. The van der Waals surface area contributed by atoms with Gasteiger partial charge in [0.2, 0.25) is 0 Å². The zero-order valence-corrected chi connectivity index (χ0v) is 7.06. The third-order valence-electron chi connectivity index (χ3n) is 0.246. The van der Waals surface area contributed by atoms with Gasteiger partial charge < -0.3 is 0 Å². The molecule has 7 heavy (non-hydrogen) atoms. The van der Waals surface area contributed by atoms with Crippen LogP contribution < -0.4 is 0 Å². The predicted octanol–water partition coefficient (Wildman–Crippen LogP) is 2.52. The van der Waals surface area contributed by atoms with Gasteiger partial charge in [-0.1, -0.05) is 20.0 Å². The zero-order chi connectivity index (χ0) is 5.91. The molecule has 0 aliphatic carbocycles. The van der Waals surface area contributed by atoms with Crippen LogP contribution in [0.25, 0.3) is 0 Å². The largest absolute Gasteiger partial charge is 0.227 e. The van der Waals surface area contributed by atoms with Crippen molar-refractivity contribution in [1.82, 2.24) is 0 Å². The summed E-state index contributed by atoms with van der Waals surface area (Å²) >= 11 is 0. The summed E-state index contributed by atoms with van der Waals surface area (Å²) in [6, 6.07) is 0. The average molecular weight is 158 g/mol. The summed E-state index contributed by atoms with van der Waals surface area (Å²) in [5.74, 6) is 0. The highest BCUT2D eigenvalue weighted by molar-refractivity contribution is 8.77. The highest BCUT2D eigenvalue weighted by atomic mass is 33.1. The van der Waals surface area contributed by atoms with Crippen LogP contribution in [0.5, 0.6) is 0 Å². The van der Waals surface area contributed by atoms with E-state index in [1.807, 2.05) is 6.26 Å². The molecule has 0 nitrogen and oxygen atoms in total. The SMILES string of the molecule is CSSC(C)(F)P. The van der Waals surface area contributed by atoms with Crippen LogP contribution in [0.3, 0.4) is 0 Å². The van der Waals surface area contributed by atoms with Crippen molar-refractivity contribution < 1.29 is 4.39 Å².